The maximum absolute atomic E-state index is 12.5. The minimum Gasteiger partial charge on any atom is -0.326 e. The lowest BCUT2D eigenvalue weighted by molar-refractivity contribution is -0.116. The molecular weight excluding hydrogens is 360 g/mol. The number of carbonyl (C=O) groups excluding carboxylic acids is 1. The Morgan fingerprint density at radius 3 is 2.07 bits per heavy atom. The molecule has 0 saturated carbocycles. The highest BCUT2D eigenvalue weighted by Gasteiger charge is 2.19. The molecule has 0 atom stereocenters. The molecule has 0 saturated heterocycles. The number of amides is 1. The van der Waals surface area contributed by atoms with Crippen molar-refractivity contribution in [3.63, 3.8) is 0 Å². The summed E-state index contributed by atoms with van der Waals surface area (Å²) in [6.07, 6.45) is 2.94. The van der Waals surface area contributed by atoms with E-state index in [4.69, 9.17) is 0 Å². The van der Waals surface area contributed by atoms with Crippen LogP contribution in [0.3, 0.4) is 0 Å². The van der Waals surface area contributed by atoms with E-state index in [1.807, 2.05) is 48.5 Å². The second kappa shape index (κ2) is 9.67. The molecule has 0 aromatic heterocycles. The number of nitrogens with zero attached hydrogens (tertiary/aromatic N) is 1. The van der Waals surface area contributed by atoms with Gasteiger partial charge in [-0.2, -0.15) is 4.31 Å². The average Bonchev–Trinajstić information content (AvgIpc) is 2.65. The number of rotatable bonds is 9. The summed E-state index contributed by atoms with van der Waals surface area (Å²) in [7, 11) is -3.40. The zero-order valence-electron chi connectivity index (χ0n) is 16.2. The molecule has 1 N–H and O–H groups in total. The Morgan fingerprint density at radius 1 is 0.963 bits per heavy atom. The van der Waals surface area contributed by atoms with E-state index in [2.05, 4.69) is 19.2 Å². The molecule has 5 nitrogen and oxygen atoms in total. The van der Waals surface area contributed by atoms with E-state index in [-0.39, 0.29) is 25.4 Å². The minimum absolute atomic E-state index is 0.112. The first-order chi connectivity index (χ1) is 12.8. The van der Waals surface area contributed by atoms with Crippen molar-refractivity contribution in [2.75, 3.05) is 18.1 Å². The monoisotopic (exact) mass is 388 g/mol. The number of anilines is 1. The van der Waals surface area contributed by atoms with Gasteiger partial charge in [-0.3, -0.25) is 4.79 Å². The lowest BCUT2D eigenvalue weighted by Crippen LogP contribution is -2.32. The van der Waals surface area contributed by atoms with Gasteiger partial charge in [-0.1, -0.05) is 62.4 Å². The van der Waals surface area contributed by atoms with Gasteiger partial charge < -0.3 is 5.32 Å². The molecule has 0 aliphatic rings. The van der Waals surface area contributed by atoms with E-state index >= 15 is 0 Å². The molecule has 0 aliphatic carbocycles. The summed E-state index contributed by atoms with van der Waals surface area (Å²) in [5.41, 5.74) is 3.94. The smallest absolute Gasteiger partial charge is 0.225 e. The summed E-state index contributed by atoms with van der Waals surface area (Å²) in [6, 6.07) is 15.4. The summed E-state index contributed by atoms with van der Waals surface area (Å²) in [5, 5.41) is 2.99. The largest absolute Gasteiger partial charge is 0.326 e. The lowest BCUT2D eigenvalue weighted by atomic mass is 10.0. The second-order valence-corrected chi connectivity index (χ2v) is 8.52. The molecule has 0 spiro atoms. The van der Waals surface area contributed by atoms with Crippen LogP contribution in [0.1, 0.15) is 37.0 Å². The predicted octanol–water partition coefficient (Wildman–Crippen LogP) is 3.60. The van der Waals surface area contributed by atoms with Crippen molar-refractivity contribution < 1.29 is 13.2 Å². The van der Waals surface area contributed by atoms with Crippen LogP contribution in [0.4, 0.5) is 5.69 Å². The van der Waals surface area contributed by atoms with Crippen molar-refractivity contribution in [1.29, 1.82) is 0 Å². The van der Waals surface area contributed by atoms with E-state index < -0.39 is 10.0 Å². The van der Waals surface area contributed by atoms with E-state index in [0.717, 1.165) is 35.2 Å². The summed E-state index contributed by atoms with van der Waals surface area (Å²) in [5.74, 6) is -0.174. The maximum atomic E-state index is 12.5. The van der Waals surface area contributed by atoms with Gasteiger partial charge in [-0.05, 0) is 29.5 Å². The van der Waals surface area contributed by atoms with Crippen molar-refractivity contribution in [2.24, 2.45) is 0 Å². The first-order valence-electron chi connectivity index (χ1n) is 9.24. The van der Waals surface area contributed by atoms with Gasteiger partial charge in [0.2, 0.25) is 15.9 Å². The summed E-state index contributed by atoms with van der Waals surface area (Å²) in [6.45, 7) is 4.51. The highest BCUT2D eigenvalue weighted by atomic mass is 32.2. The Hall–Kier alpha value is -2.18. The Bertz CT molecular complexity index is 842. The molecule has 2 rings (SSSR count). The molecule has 2 aromatic rings. The van der Waals surface area contributed by atoms with Crippen LogP contribution in [0.5, 0.6) is 0 Å². The van der Waals surface area contributed by atoms with Gasteiger partial charge in [0.25, 0.3) is 0 Å². The SMILES string of the molecule is CCc1cccc(CC)c1NC(=O)CCN(Cc1ccccc1)S(C)(=O)=O. The minimum atomic E-state index is -3.40. The summed E-state index contributed by atoms with van der Waals surface area (Å²) >= 11 is 0. The van der Waals surface area contributed by atoms with Gasteiger partial charge in [-0.15, -0.1) is 0 Å². The highest BCUT2D eigenvalue weighted by molar-refractivity contribution is 7.88. The molecule has 0 heterocycles. The van der Waals surface area contributed by atoms with Gasteiger partial charge in [0, 0.05) is 25.2 Å². The van der Waals surface area contributed by atoms with E-state index in [1.165, 1.54) is 10.6 Å². The van der Waals surface area contributed by atoms with Crippen molar-refractivity contribution in [1.82, 2.24) is 4.31 Å². The Balaban J connectivity index is 2.06. The van der Waals surface area contributed by atoms with Crippen LogP contribution >= 0.6 is 0 Å². The zero-order valence-corrected chi connectivity index (χ0v) is 17.1. The molecule has 0 aliphatic heterocycles. The van der Waals surface area contributed by atoms with E-state index in [1.54, 1.807) is 0 Å². The van der Waals surface area contributed by atoms with Crippen LogP contribution in [-0.2, 0) is 34.2 Å². The van der Waals surface area contributed by atoms with Crippen LogP contribution < -0.4 is 5.32 Å². The zero-order chi connectivity index (χ0) is 19.9. The third-order valence-electron chi connectivity index (χ3n) is 4.52. The molecule has 6 heteroatoms. The highest BCUT2D eigenvalue weighted by Crippen LogP contribution is 2.23. The van der Waals surface area contributed by atoms with Gasteiger partial charge in [0.15, 0.2) is 0 Å². The van der Waals surface area contributed by atoms with Crippen molar-refractivity contribution in [2.45, 2.75) is 39.7 Å². The average molecular weight is 389 g/mol. The van der Waals surface area contributed by atoms with Crippen LogP contribution in [0.25, 0.3) is 0 Å². The van der Waals surface area contributed by atoms with Gasteiger partial charge in [0.1, 0.15) is 0 Å². The molecule has 1 amide bonds. The molecule has 0 radical (unpaired) electrons. The fourth-order valence-corrected chi connectivity index (χ4v) is 3.79. The third kappa shape index (κ3) is 6.19. The molecule has 0 unspecified atom stereocenters. The summed E-state index contributed by atoms with van der Waals surface area (Å²) < 4.78 is 25.5. The topological polar surface area (TPSA) is 66.5 Å². The molecule has 146 valence electrons. The van der Waals surface area contributed by atoms with E-state index in [9.17, 15) is 13.2 Å². The first kappa shape index (κ1) is 21.1. The van der Waals surface area contributed by atoms with Crippen LogP contribution in [0.2, 0.25) is 0 Å². The Labute approximate surface area is 162 Å². The fraction of sp³-hybridized carbons (Fsp3) is 0.381. The van der Waals surface area contributed by atoms with Crippen LogP contribution in [0, 0.1) is 0 Å². The molecule has 0 bridgehead atoms. The van der Waals surface area contributed by atoms with Crippen LogP contribution in [0.15, 0.2) is 48.5 Å². The van der Waals surface area contributed by atoms with Crippen molar-refractivity contribution in [3.8, 4) is 0 Å². The number of sulfonamides is 1. The molecule has 2 aromatic carbocycles. The first-order valence-corrected chi connectivity index (χ1v) is 11.1. The second-order valence-electron chi connectivity index (χ2n) is 6.54. The Morgan fingerprint density at radius 2 is 1.56 bits per heavy atom. The van der Waals surface area contributed by atoms with E-state index in [0.29, 0.717) is 0 Å². The van der Waals surface area contributed by atoms with Crippen molar-refractivity contribution in [3.05, 3.63) is 65.2 Å². The maximum Gasteiger partial charge on any atom is 0.225 e. The number of nitrogens with one attached hydrogen (secondary N) is 1. The number of carbonyl (C=O) groups is 1. The molecule has 27 heavy (non-hydrogen) atoms. The van der Waals surface area contributed by atoms with Crippen LogP contribution in [-0.4, -0.2) is 31.4 Å². The standard InChI is InChI=1S/C21H28N2O3S/c1-4-18-12-9-13-19(5-2)21(18)22-20(24)14-15-23(27(3,25)26)16-17-10-7-6-8-11-17/h6-13H,4-5,14-16H2,1-3H3,(H,22,24). The predicted molar refractivity (Wildman–Crippen MR) is 110 cm³/mol. The lowest BCUT2D eigenvalue weighted by Gasteiger charge is -2.20. The Kier molecular flexibility index (Phi) is 7.56. The normalized spacial score (nSPS) is 11.6. The number of para-hydroxylation sites is 1. The number of hydrogen-bond donors (Lipinski definition) is 1. The number of benzene rings is 2. The quantitative estimate of drug-likeness (QED) is 0.714. The molecule has 0 fully saturated rings. The summed E-state index contributed by atoms with van der Waals surface area (Å²) in [4.78, 5) is 12.5. The number of aryl methyl sites for hydroxylation is 2. The van der Waals surface area contributed by atoms with Crippen molar-refractivity contribution >= 4 is 21.6 Å². The van der Waals surface area contributed by atoms with Gasteiger partial charge in [-0.25, -0.2) is 8.42 Å². The third-order valence-corrected chi connectivity index (χ3v) is 5.77. The van der Waals surface area contributed by atoms with Gasteiger partial charge >= 0.3 is 0 Å². The fourth-order valence-electron chi connectivity index (χ4n) is 2.98. The van der Waals surface area contributed by atoms with Gasteiger partial charge in [0.05, 0.1) is 6.26 Å². The molecular formula is C21H28N2O3S. The number of hydrogen-bond acceptors (Lipinski definition) is 3.